The van der Waals surface area contributed by atoms with Crippen LogP contribution in [-0.2, 0) is 13.1 Å². The monoisotopic (exact) mass is 247 g/mol. The minimum atomic E-state index is 0.903. The van der Waals surface area contributed by atoms with Crippen LogP contribution < -0.4 is 5.32 Å². The highest BCUT2D eigenvalue weighted by Gasteiger charge is 2.17. The molecule has 1 heterocycles. The van der Waals surface area contributed by atoms with E-state index >= 15 is 0 Å². The number of aromatic nitrogens is 1. The Morgan fingerprint density at radius 3 is 2.89 bits per heavy atom. The van der Waals surface area contributed by atoms with Gasteiger partial charge in [0.25, 0.3) is 0 Å². The van der Waals surface area contributed by atoms with Gasteiger partial charge in [-0.25, -0.2) is 0 Å². The first-order chi connectivity index (χ1) is 8.79. The number of pyridine rings is 1. The zero-order valence-corrected chi connectivity index (χ0v) is 11.7. The van der Waals surface area contributed by atoms with Gasteiger partial charge in [0.15, 0.2) is 0 Å². The lowest BCUT2D eigenvalue weighted by molar-refractivity contribution is 0.267. The topological polar surface area (TPSA) is 28.2 Å². The zero-order valence-electron chi connectivity index (χ0n) is 11.7. The van der Waals surface area contributed by atoms with Gasteiger partial charge in [-0.15, -0.1) is 0 Å². The van der Waals surface area contributed by atoms with Crippen LogP contribution in [0, 0.1) is 5.92 Å². The maximum absolute atomic E-state index is 4.53. The van der Waals surface area contributed by atoms with E-state index in [0.717, 1.165) is 19.0 Å². The van der Waals surface area contributed by atoms with Crippen molar-refractivity contribution in [2.45, 2.75) is 38.8 Å². The fraction of sp³-hybridized carbons (Fsp3) is 0.667. The molecule has 3 heteroatoms. The van der Waals surface area contributed by atoms with Crippen LogP contribution in [0.5, 0.6) is 0 Å². The normalized spacial score (nSPS) is 16.6. The molecular weight excluding hydrogens is 222 g/mol. The minimum absolute atomic E-state index is 0.903. The maximum Gasteiger partial charge on any atom is 0.0588 e. The van der Waals surface area contributed by atoms with Gasteiger partial charge >= 0.3 is 0 Å². The quantitative estimate of drug-likeness (QED) is 0.837. The average Bonchev–Trinajstić information content (AvgIpc) is 2.84. The first-order valence-electron chi connectivity index (χ1n) is 7.05. The summed E-state index contributed by atoms with van der Waals surface area (Å²) in [5.41, 5.74) is 2.53. The molecule has 0 amide bonds. The van der Waals surface area contributed by atoms with Crippen LogP contribution in [0.1, 0.15) is 36.9 Å². The van der Waals surface area contributed by atoms with Crippen molar-refractivity contribution in [2.24, 2.45) is 5.92 Å². The molecule has 18 heavy (non-hydrogen) atoms. The Morgan fingerprint density at radius 1 is 1.39 bits per heavy atom. The van der Waals surface area contributed by atoms with E-state index in [0.29, 0.717) is 0 Å². The smallest absolute Gasteiger partial charge is 0.0588 e. The average molecular weight is 247 g/mol. The summed E-state index contributed by atoms with van der Waals surface area (Å²) >= 11 is 0. The summed E-state index contributed by atoms with van der Waals surface area (Å²) in [4.78, 5) is 6.96. The number of rotatable bonds is 6. The second-order valence-electron chi connectivity index (χ2n) is 5.49. The summed E-state index contributed by atoms with van der Waals surface area (Å²) in [6.45, 7) is 3.09. The van der Waals surface area contributed by atoms with E-state index in [4.69, 9.17) is 0 Å². The summed E-state index contributed by atoms with van der Waals surface area (Å²) in [5.74, 6) is 0.909. The van der Waals surface area contributed by atoms with Gasteiger partial charge in [-0.2, -0.15) is 0 Å². The first kappa shape index (κ1) is 13.5. The van der Waals surface area contributed by atoms with Crippen LogP contribution in [-0.4, -0.2) is 30.5 Å². The van der Waals surface area contributed by atoms with Crippen molar-refractivity contribution >= 4 is 0 Å². The van der Waals surface area contributed by atoms with Crippen molar-refractivity contribution in [2.75, 3.05) is 20.6 Å². The molecular formula is C15H25N3. The van der Waals surface area contributed by atoms with Gasteiger partial charge in [0, 0.05) is 25.8 Å². The van der Waals surface area contributed by atoms with Crippen LogP contribution in [0.3, 0.4) is 0 Å². The van der Waals surface area contributed by atoms with Gasteiger partial charge in [0.05, 0.1) is 5.69 Å². The molecule has 100 valence electrons. The molecule has 0 radical (unpaired) electrons. The Bertz CT molecular complexity index is 359. The van der Waals surface area contributed by atoms with Crippen LogP contribution >= 0.6 is 0 Å². The van der Waals surface area contributed by atoms with Crippen LogP contribution in [0.2, 0.25) is 0 Å². The number of nitrogens with one attached hydrogen (secondary N) is 1. The summed E-state index contributed by atoms with van der Waals surface area (Å²) in [6.07, 6.45) is 7.57. The van der Waals surface area contributed by atoms with Crippen molar-refractivity contribution in [3.05, 3.63) is 29.6 Å². The van der Waals surface area contributed by atoms with Crippen molar-refractivity contribution < 1.29 is 0 Å². The summed E-state index contributed by atoms with van der Waals surface area (Å²) in [5, 5.41) is 3.21. The zero-order chi connectivity index (χ0) is 12.8. The summed E-state index contributed by atoms with van der Waals surface area (Å²) in [6, 6.07) is 4.19. The molecule has 0 aliphatic heterocycles. The van der Waals surface area contributed by atoms with Crippen molar-refractivity contribution in [1.82, 2.24) is 15.2 Å². The Kier molecular flexibility index (Phi) is 5.14. The molecule has 3 nitrogen and oxygen atoms in total. The van der Waals surface area contributed by atoms with E-state index in [1.54, 1.807) is 0 Å². The van der Waals surface area contributed by atoms with E-state index in [1.165, 1.54) is 43.5 Å². The molecule has 1 aromatic heterocycles. The molecule has 0 bridgehead atoms. The SMILES string of the molecule is CNCc1cccnc1CN(C)CC1CCCC1. The number of nitrogens with zero attached hydrogens (tertiary/aromatic N) is 2. The lowest BCUT2D eigenvalue weighted by Crippen LogP contribution is -2.25. The van der Waals surface area contributed by atoms with Gasteiger partial charge in [0.1, 0.15) is 0 Å². The maximum atomic E-state index is 4.53. The van der Waals surface area contributed by atoms with E-state index in [2.05, 4.69) is 28.3 Å². The molecule has 1 aromatic rings. The molecule has 0 saturated heterocycles. The predicted molar refractivity (Wildman–Crippen MR) is 75.3 cm³/mol. The minimum Gasteiger partial charge on any atom is -0.316 e. The second-order valence-corrected chi connectivity index (χ2v) is 5.49. The lowest BCUT2D eigenvalue weighted by atomic mass is 10.1. The van der Waals surface area contributed by atoms with Crippen LogP contribution in [0.4, 0.5) is 0 Å². The predicted octanol–water partition coefficient (Wildman–Crippen LogP) is 2.42. The molecule has 0 aromatic carbocycles. The van der Waals surface area contributed by atoms with Crippen molar-refractivity contribution in [3.63, 3.8) is 0 Å². The molecule has 1 fully saturated rings. The largest absolute Gasteiger partial charge is 0.316 e. The summed E-state index contributed by atoms with van der Waals surface area (Å²) in [7, 11) is 4.20. The van der Waals surface area contributed by atoms with Crippen LogP contribution in [0.15, 0.2) is 18.3 Å². The Balaban J connectivity index is 1.90. The number of hydrogen-bond acceptors (Lipinski definition) is 3. The molecule has 1 aliphatic carbocycles. The van der Waals surface area contributed by atoms with E-state index in [1.807, 2.05) is 19.3 Å². The highest BCUT2D eigenvalue weighted by atomic mass is 15.1. The Morgan fingerprint density at radius 2 is 2.17 bits per heavy atom. The number of hydrogen-bond donors (Lipinski definition) is 1. The highest BCUT2D eigenvalue weighted by Crippen LogP contribution is 2.25. The van der Waals surface area contributed by atoms with Crippen molar-refractivity contribution in [1.29, 1.82) is 0 Å². The molecule has 1 saturated carbocycles. The van der Waals surface area contributed by atoms with E-state index < -0.39 is 0 Å². The molecule has 0 atom stereocenters. The molecule has 1 aliphatic rings. The molecule has 1 N–H and O–H groups in total. The van der Waals surface area contributed by atoms with E-state index in [9.17, 15) is 0 Å². The molecule has 0 spiro atoms. The fourth-order valence-electron chi connectivity index (χ4n) is 2.92. The van der Waals surface area contributed by atoms with E-state index in [-0.39, 0.29) is 0 Å². The van der Waals surface area contributed by atoms with Crippen LogP contribution in [0.25, 0.3) is 0 Å². The fourth-order valence-corrected chi connectivity index (χ4v) is 2.92. The summed E-state index contributed by atoms with van der Waals surface area (Å²) < 4.78 is 0. The Hall–Kier alpha value is -0.930. The van der Waals surface area contributed by atoms with Gasteiger partial charge < -0.3 is 10.2 Å². The van der Waals surface area contributed by atoms with Gasteiger partial charge in [-0.3, -0.25) is 4.98 Å². The highest BCUT2D eigenvalue weighted by molar-refractivity contribution is 5.19. The lowest BCUT2D eigenvalue weighted by Gasteiger charge is -2.21. The third-order valence-corrected chi connectivity index (χ3v) is 3.82. The van der Waals surface area contributed by atoms with Gasteiger partial charge in [-0.1, -0.05) is 18.9 Å². The molecule has 0 unspecified atom stereocenters. The van der Waals surface area contributed by atoms with Crippen molar-refractivity contribution in [3.8, 4) is 0 Å². The third kappa shape index (κ3) is 3.79. The van der Waals surface area contributed by atoms with Gasteiger partial charge in [0.2, 0.25) is 0 Å². The second kappa shape index (κ2) is 6.86. The Labute approximate surface area is 111 Å². The molecule has 2 rings (SSSR count). The third-order valence-electron chi connectivity index (χ3n) is 3.82. The van der Waals surface area contributed by atoms with Gasteiger partial charge in [-0.05, 0) is 44.5 Å². The first-order valence-corrected chi connectivity index (χ1v) is 7.05. The standard InChI is InChI=1S/C15H25N3/c1-16-10-14-8-5-9-17-15(14)12-18(2)11-13-6-3-4-7-13/h5,8-9,13,16H,3-4,6-7,10-12H2,1-2H3.